The van der Waals surface area contributed by atoms with Gasteiger partial charge in [0.25, 0.3) is 11.6 Å². The van der Waals surface area contributed by atoms with E-state index in [0.717, 1.165) is 22.6 Å². The molecule has 0 saturated carbocycles. The lowest BCUT2D eigenvalue weighted by Crippen LogP contribution is -2.13. The van der Waals surface area contributed by atoms with E-state index in [1.54, 1.807) is 25.5 Å². The van der Waals surface area contributed by atoms with Crippen molar-refractivity contribution in [1.82, 2.24) is 19.7 Å². The summed E-state index contributed by atoms with van der Waals surface area (Å²) in [6.07, 6.45) is 5.39. The van der Waals surface area contributed by atoms with Crippen LogP contribution >= 0.6 is 0 Å². The number of hydrogen-bond acceptors (Lipinski definition) is 6. The van der Waals surface area contributed by atoms with Crippen molar-refractivity contribution < 1.29 is 13.7 Å². The molecule has 1 amide bonds. The average molecular weight is 427 g/mol. The molecule has 1 N–H and O–H groups in total. The number of rotatable bonds is 5. The molecule has 0 saturated heterocycles. The quantitative estimate of drug-likeness (QED) is 0.428. The fourth-order valence-corrected chi connectivity index (χ4v) is 3.83. The van der Waals surface area contributed by atoms with E-state index in [1.807, 2.05) is 54.9 Å². The second-order valence-electron chi connectivity index (χ2n) is 7.72. The lowest BCUT2D eigenvalue weighted by Gasteiger charge is -2.10. The van der Waals surface area contributed by atoms with Gasteiger partial charge in [-0.05, 0) is 50.6 Å². The zero-order valence-electron chi connectivity index (χ0n) is 17.9. The number of aromatic nitrogens is 4. The fraction of sp³-hybridized carbons (Fsp3) is 0.167. The highest BCUT2D eigenvalue weighted by atomic mass is 16.5. The predicted molar refractivity (Wildman–Crippen MR) is 119 cm³/mol. The summed E-state index contributed by atoms with van der Waals surface area (Å²) in [6, 6.07) is 11.4. The van der Waals surface area contributed by atoms with Gasteiger partial charge in [-0.25, -0.2) is 9.97 Å². The van der Waals surface area contributed by atoms with Crippen LogP contribution in [-0.2, 0) is 6.54 Å². The topological polar surface area (TPSA) is 99.0 Å². The molecule has 0 atom stereocenters. The first-order chi connectivity index (χ1) is 15.5. The van der Waals surface area contributed by atoms with Gasteiger partial charge in [0.2, 0.25) is 0 Å². The molecule has 32 heavy (non-hydrogen) atoms. The molecule has 0 aliphatic carbocycles. The zero-order chi connectivity index (χ0) is 22.2. The maximum atomic E-state index is 13.3. The number of nitrogens with zero attached hydrogens (tertiary/aromatic N) is 4. The van der Waals surface area contributed by atoms with Crippen LogP contribution in [0.4, 0.5) is 5.69 Å². The van der Waals surface area contributed by atoms with Gasteiger partial charge in [0.1, 0.15) is 11.5 Å². The van der Waals surface area contributed by atoms with Gasteiger partial charge in [0, 0.05) is 30.2 Å². The van der Waals surface area contributed by atoms with Crippen LogP contribution in [0.15, 0.2) is 64.1 Å². The molecule has 160 valence electrons. The van der Waals surface area contributed by atoms with Crippen molar-refractivity contribution in [3.05, 3.63) is 83.5 Å². The van der Waals surface area contributed by atoms with E-state index in [0.29, 0.717) is 40.3 Å². The van der Waals surface area contributed by atoms with Crippen molar-refractivity contribution in [2.45, 2.75) is 27.3 Å². The van der Waals surface area contributed by atoms with E-state index >= 15 is 0 Å². The number of amides is 1. The molecule has 5 aromatic rings. The minimum Gasteiger partial charge on any atom is -0.466 e. The van der Waals surface area contributed by atoms with Crippen molar-refractivity contribution in [2.75, 3.05) is 5.32 Å². The van der Waals surface area contributed by atoms with Gasteiger partial charge < -0.3 is 18.8 Å². The highest BCUT2D eigenvalue weighted by Gasteiger charge is 2.21. The molecule has 0 bridgehead atoms. The first kappa shape index (κ1) is 19.7. The molecule has 0 spiro atoms. The molecule has 0 fully saturated rings. The number of carbonyl (C=O) groups excluding carboxylic acids is 1. The molecule has 4 aromatic heterocycles. The van der Waals surface area contributed by atoms with Gasteiger partial charge in [-0.1, -0.05) is 17.3 Å². The Morgan fingerprint density at radius 3 is 2.78 bits per heavy atom. The lowest BCUT2D eigenvalue weighted by molar-refractivity contribution is 0.102. The summed E-state index contributed by atoms with van der Waals surface area (Å²) in [5.41, 5.74) is 4.53. The molecule has 8 nitrogen and oxygen atoms in total. The number of pyridine rings is 1. The average Bonchev–Trinajstić information content (AvgIpc) is 3.49. The third-order valence-corrected chi connectivity index (χ3v) is 5.29. The number of imidazole rings is 1. The Morgan fingerprint density at radius 2 is 2.03 bits per heavy atom. The second-order valence-corrected chi connectivity index (χ2v) is 7.72. The number of benzene rings is 1. The summed E-state index contributed by atoms with van der Waals surface area (Å²) < 4.78 is 13.0. The van der Waals surface area contributed by atoms with E-state index in [9.17, 15) is 4.79 Å². The van der Waals surface area contributed by atoms with Crippen molar-refractivity contribution in [3.63, 3.8) is 0 Å². The van der Waals surface area contributed by atoms with Crippen molar-refractivity contribution in [3.8, 4) is 11.3 Å². The number of fused-ring (bicyclic) bond motifs is 1. The molecule has 0 radical (unpaired) electrons. The smallest absolute Gasteiger partial charge is 0.259 e. The Labute approximate surface area is 183 Å². The summed E-state index contributed by atoms with van der Waals surface area (Å²) in [6.45, 7) is 6.20. The maximum Gasteiger partial charge on any atom is 0.259 e. The van der Waals surface area contributed by atoms with Gasteiger partial charge in [0.05, 0.1) is 28.7 Å². The lowest BCUT2D eigenvalue weighted by atomic mass is 10.1. The molecule has 0 aliphatic heterocycles. The number of hydrogen-bond donors (Lipinski definition) is 1. The standard InChI is InChI=1S/C24H21N5O3/c1-14-9-19(16(3)31-14)21-11-20(22-15(2)28-32-24(22)27-21)23(30)26-18-6-4-5-17(10-18)12-29-8-7-25-13-29/h4-11,13H,12H2,1-3H3,(H,26,30). The maximum absolute atomic E-state index is 13.3. The number of nitrogens with one attached hydrogen (secondary N) is 1. The van der Waals surface area contributed by atoms with E-state index in [2.05, 4.69) is 20.4 Å². The van der Waals surface area contributed by atoms with Crippen LogP contribution < -0.4 is 5.32 Å². The first-order valence-corrected chi connectivity index (χ1v) is 10.2. The number of carbonyl (C=O) groups is 1. The van der Waals surface area contributed by atoms with Crippen LogP contribution in [0.25, 0.3) is 22.4 Å². The van der Waals surface area contributed by atoms with Crippen LogP contribution in [-0.4, -0.2) is 25.6 Å². The Balaban J connectivity index is 1.50. The molecule has 8 heteroatoms. The van der Waals surface area contributed by atoms with Crippen molar-refractivity contribution in [2.24, 2.45) is 0 Å². The SMILES string of the molecule is Cc1cc(-c2cc(C(=O)Nc3cccc(Cn4ccnc4)c3)c3c(C)noc3n2)c(C)o1. The summed E-state index contributed by atoms with van der Waals surface area (Å²) in [4.78, 5) is 22.0. The predicted octanol–water partition coefficient (Wildman–Crippen LogP) is 4.91. The van der Waals surface area contributed by atoms with Crippen LogP contribution in [0, 0.1) is 20.8 Å². The Bertz CT molecular complexity index is 1430. The van der Waals surface area contributed by atoms with Crippen molar-refractivity contribution in [1.29, 1.82) is 0 Å². The highest BCUT2D eigenvalue weighted by molar-refractivity contribution is 6.13. The van der Waals surface area contributed by atoms with E-state index in [4.69, 9.17) is 8.94 Å². The van der Waals surface area contributed by atoms with Gasteiger partial charge in [0.15, 0.2) is 0 Å². The van der Waals surface area contributed by atoms with Gasteiger partial charge in [-0.15, -0.1) is 0 Å². The molecule has 0 unspecified atom stereocenters. The number of anilines is 1. The normalized spacial score (nSPS) is 11.2. The largest absolute Gasteiger partial charge is 0.466 e. The molecule has 4 heterocycles. The molecule has 5 rings (SSSR count). The van der Waals surface area contributed by atoms with E-state index < -0.39 is 0 Å². The van der Waals surface area contributed by atoms with Crippen LogP contribution in [0.2, 0.25) is 0 Å². The fourth-order valence-electron chi connectivity index (χ4n) is 3.83. The third-order valence-electron chi connectivity index (χ3n) is 5.29. The van der Waals surface area contributed by atoms with Crippen LogP contribution in [0.5, 0.6) is 0 Å². The zero-order valence-corrected chi connectivity index (χ0v) is 17.9. The highest BCUT2D eigenvalue weighted by Crippen LogP contribution is 2.31. The van der Waals surface area contributed by atoms with E-state index in [-0.39, 0.29) is 5.91 Å². The second kappa shape index (κ2) is 7.81. The first-order valence-electron chi connectivity index (χ1n) is 10.2. The summed E-state index contributed by atoms with van der Waals surface area (Å²) >= 11 is 0. The van der Waals surface area contributed by atoms with Gasteiger partial charge in [-0.2, -0.15) is 0 Å². The summed E-state index contributed by atoms with van der Waals surface area (Å²) in [5.74, 6) is 1.24. The van der Waals surface area contributed by atoms with E-state index in [1.165, 1.54) is 0 Å². The minimum absolute atomic E-state index is 0.261. The molecule has 1 aromatic carbocycles. The monoisotopic (exact) mass is 427 g/mol. The molecular formula is C24H21N5O3. The van der Waals surface area contributed by atoms with Crippen LogP contribution in [0.3, 0.4) is 0 Å². The number of aryl methyl sites for hydroxylation is 3. The molecule has 0 aliphatic rings. The Hall–Kier alpha value is -4.20. The molecular weight excluding hydrogens is 406 g/mol. The van der Waals surface area contributed by atoms with Gasteiger partial charge >= 0.3 is 0 Å². The van der Waals surface area contributed by atoms with Crippen molar-refractivity contribution >= 4 is 22.7 Å². The number of furan rings is 1. The van der Waals surface area contributed by atoms with Gasteiger partial charge in [-0.3, -0.25) is 4.79 Å². The summed E-state index contributed by atoms with van der Waals surface area (Å²) in [5, 5.41) is 7.61. The summed E-state index contributed by atoms with van der Waals surface area (Å²) in [7, 11) is 0. The third kappa shape index (κ3) is 3.66. The Kier molecular flexibility index (Phi) is 4.82. The minimum atomic E-state index is -0.261. The van der Waals surface area contributed by atoms with Crippen LogP contribution in [0.1, 0.15) is 33.1 Å². The Morgan fingerprint density at radius 1 is 1.16 bits per heavy atom.